The Kier molecular flexibility index (Phi) is 5.87. The van der Waals surface area contributed by atoms with E-state index >= 15 is 0 Å². The zero-order valence-electron chi connectivity index (χ0n) is 14.2. The number of amides is 1. The Balaban J connectivity index is 2.13. The summed E-state index contributed by atoms with van der Waals surface area (Å²) < 4.78 is 5.82. The first kappa shape index (κ1) is 17.1. The number of nitrogens with one attached hydrogen (secondary N) is 1. The fourth-order valence-electron chi connectivity index (χ4n) is 2.41. The predicted octanol–water partition coefficient (Wildman–Crippen LogP) is 2.56. The zero-order chi connectivity index (χ0) is 16.8. The van der Waals surface area contributed by atoms with Gasteiger partial charge in [-0.15, -0.1) is 10.2 Å². The third kappa shape index (κ3) is 4.39. The van der Waals surface area contributed by atoms with E-state index < -0.39 is 0 Å². The molecular weight excluding hydrogens is 292 g/mol. The van der Waals surface area contributed by atoms with Crippen LogP contribution in [0.15, 0.2) is 28.7 Å². The number of carbonyl (C=O) groups is 1. The summed E-state index contributed by atoms with van der Waals surface area (Å²) in [7, 11) is 0. The molecule has 124 valence electrons. The van der Waals surface area contributed by atoms with Crippen LogP contribution in [-0.4, -0.2) is 40.6 Å². The average Bonchev–Trinajstić information content (AvgIpc) is 3.02. The molecule has 0 saturated heterocycles. The molecule has 1 N–H and O–H groups in total. The van der Waals surface area contributed by atoms with Crippen molar-refractivity contribution in [2.75, 3.05) is 19.6 Å². The predicted molar refractivity (Wildman–Crippen MR) is 88.8 cm³/mol. The summed E-state index contributed by atoms with van der Waals surface area (Å²) in [5.41, 5.74) is 2.05. The summed E-state index contributed by atoms with van der Waals surface area (Å²) >= 11 is 0. The van der Waals surface area contributed by atoms with Gasteiger partial charge in [-0.05, 0) is 39.4 Å². The molecule has 0 spiro atoms. The van der Waals surface area contributed by atoms with E-state index in [0.29, 0.717) is 24.9 Å². The normalized spacial score (nSPS) is 12.4. The van der Waals surface area contributed by atoms with E-state index in [1.54, 1.807) is 0 Å². The first-order valence-corrected chi connectivity index (χ1v) is 7.96. The van der Waals surface area contributed by atoms with Crippen LogP contribution in [0.4, 0.5) is 0 Å². The van der Waals surface area contributed by atoms with E-state index in [4.69, 9.17) is 4.42 Å². The summed E-state index contributed by atoms with van der Waals surface area (Å²) in [6, 6.07) is 7.82. The van der Waals surface area contributed by atoms with Gasteiger partial charge in [0.15, 0.2) is 0 Å². The SMILES string of the molecule is CCNC(=O)CN(CC)[C@H](C)c1nnc(-c2cccc(C)c2)o1. The van der Waals surface area contributed by atoms with Crippen molar-refractivity contribution in [2.24, 2.45) is 0 Å². The topological polar surface area (TPSA) is 71.3 Å². The largest absolute Gasteiger partial charge is 0.419 e. The van der Waals surface area contributed by atoms with E-state index in [-0.39, 0.29) is 11.9 Å². The van der Waals surface area contributed by atoms with Crippen molar-refractivity contribution in [3.05, 3.63) is 35.7 Å². The molecule has 0 radical (unpaired) electrons. The highest BCUT2D eigenvalue weighted by atomic mass is 16.4. The third-order valence-corrected chi connectivity index (χ3v) is 3.74. The first-order valence-electron chi connectivity index (χ1n) is 7.96. The van der Waals surface area contributed by atoms with Crippen LogP contribution in [0.2, 0.25) is 0 Å². The Morgan fingerprint density at radius 1 is 1.35 bits per heavy atom. The summed E-state index contributed by atoms with van der Waals surface area (Å²) in [6.45, 7) is 9.57. The minimum Gasteiger partial charge on any atom is -0.419 e. The van der Waals surface area contributed by atoms with E-state index in [1.807, 2.05) is 56.9 Å². The molecule has 23 heavy (non-hydrogen) atoms. The number of aromatic nitrogens is 2. The molecule has 1 aromatic carbocycles. The number of carbonyl (C=O) groups excluding carboxylic acids is 1. The molecule has 0 saturated carbocycles. The molecule has 0 aliphatic carbocycles. The maximum absolute atomic E-state index is 11.8. The van der Waals surface area contributed by atoms with E-state index in [2.05, 4.69) is 15.5 Å². The molecule has 0 unspecified atom stereocenters. The number of hydrogen-bond acceptors (Lipinski definition) is 5. The van der Waals surface area contributed by atoms with Crippen molar-refractivity contribution in [2.45, 2.75) is 33.7 Å². The summed E-state index contributed by atoms with van der Waals surface area (Å²) in [4.78, 5) is 13.8. The number of aryl methyl sites for hydroxylation is 1. The smallest absolute Gasteiger partial charge is 0.247 e. The highest BCUT2D eigenvalue weighted by Crippen LogP contribution is 2.24. The molecular formula is C17H24N4O2. The van der Waals surface area contributed by atoms with Crippen LogP contribution in [-0.2, 0) is 4.79 Å². The summed E-state index contributed by atoms with van der Waals surface area (Å²) in [5, 5.41) is 11.1. The Morgan fingerprint density at radius 3 is 2.78 bits per heavy atom. The molecule has 0 fully saturated rings. The Labute approximate surface area is 136 Å². The number of hydrogen-bond donors (Lipinski definition) is 1. The van der Waals surface area contributed by atoms with Gasteiger partial charge in [0.1, 0.15) is 0 Å². The second-order valence-corrected chi connectivity index (χ2v) is 5.51. The monoisotopic (exact) mass is 316 g/mol. The molecule has 6 nitrogen and oxygen atoms in total. The van der Waals surface area contributed by atoms with E-state index in [1.165, 1.54) is 0 Å². The number of likely N-dealkylation sites (N-methyl/N-ethyl adjacent to an activating group) is 2. The zero-order valence-corrected chi connectivity index (χ0v) is 14.2. The molecule has 0 aliphatic heterocycles. The molecule has 1 heterocycles. The second kappa shape index (κ2) is 7.87. The standard InChI is InChI=1S/C17H24N4O2/c1-5-18-15(22)11-21(6-2)13(4)16-19-20-17(23-16)14-9-7-8-12(3)10-14/h7-10,13H,5-6,11H2,1-4H3,(H,18,22)/t13-/m1/s1. The molecule has 1 amide bonds. The minimum atomic E-state index is -0.117. The fourth-order valence-corrected chi connectivity index (χ4v) is 2.41. The Morgan fingerprint density at radius 2 is 2.13 bits per heavy atom. The van der Waals surface area contributed by atoms with Gasteiger partial charge in [-0.25, -0.2) is 0 Å². The van der Waals surface area contributed by atoms with Crippen LogP contribution in [0.25, 0.3) is 11.5 Å². The van der Waals surface area contributed by atoms with Crippen molar-refractivity contribution < 1.29 is 9.21 Å². The van der Waals surface area contributed by atoms with Crippen molar-refractivity contribution in [3.8, 4) is 11.5 Å². The number of rotatable bonds is 7. The molecule has 0 bridgehead atoms. The van der Waals surface area contributed by atoms with Gasteiger partial charge in [-0.2, -0.15) is 0 Å². The van der Waals surface area contributed by atoms with Crippen LogP contribution in [0.1, 0.15) is 38.3 Å². The van der Waals surface area contributed by atoms with Crippen molar-refractivity contribution in [1.82, 2.24) is 20.4 Å². The molecule has 0 aliphatic rings. The van der Waals surface area contributed by atoms with Crippen LogP contribution in [0, 0.1) is 6.92 Å². The van der Waals surface area contributed by atoms with E-state index in [9.17, 15) is 4.79 Å². The Hall–Kier alpha value is -2.21. The number of benzene rings is 1. The molecule has 1 atom stereocenters. The lowest BCUT2D eigenvalue weighted by molar-refractivity contribution is -0.122. The fraction of sp³-hybridized carbons (Fsp3) is 0.471. The lowest BCUT2D eigenvalue weighted by atomic mass is 10.1. The van der Waals surface area contributed by atoms with Gasteiger partial charge in [0.05, 0.1) is 12.6 Å². The van der Waals surface area contributed by atoms with E-state index in [0.717, 1.165) is 17.7 Å². The van der Waals surface area contributed by atoms with Crippen molar-refractivity contribution in [3.63, 3.8) is 0 Å². The highest BCUT2D eigenvalue weighted by molar-refractivity contribution is 5.77. The minimum absolute atomic E-state index is 0.000349. The lowest BCUT2D eigenvalue weighted by Crippen LogP contribution is -2.38. The summed E-state index contributed by atoms with van der Waals surface area (Å²) in [5.74, 6) is 1.02. The molecule has 2 rings (SSSR count). The van der Waals surface area contributed by atoms with Crippen molar-refractivity contribution in [1.29, 1.82) is 0 Å². The van der Waals surface area contributed by atoms with Gasteiger partial charge < -0.3 is 9.73 Å². The van der Waals surface area contributed by atoms with Gasteiger partial charge in [0, 0.05) is 12.1 Å². The van der Waals surface area contributed by atoms with Gasteiger partial charge in [0.25, 0.3) is 0 Å². The van der Waals surface area contributed by atoms with Crippen LogP contribution < -0.4 is 5.32 Å². The average molecular weight is 316 g/mol. The third-order valence-electron chi connectivity index (χ3n) is 3.74. The Bertz CT molecular complexity index is 654. The van der Waals surface area contributed by atoms with Crippen LogP contribution in [0.5, 0.6) is 0 Å². The van der Waals surface area contributed by atoms with Crippen LogP contribution in [0.3, 0.4) is 0 Å². The van der Waals surface area contributed by atoms with Crippen LogP contribution >= 0.6 is 0 Å². The molecule has 1 aromatic heterocycles. The van der Waals surface area contributed by atoms with Gasteiger partial charge in [-0.3, -0.25) is 9.69 Å². The second-order valence-electron chi connectivity index (χ2n) is 5.51. The van der Waals surface area contributed by atoms with Crippen molar-refractivity contribution >= 4 is 5.91 Å². The quantitative estimate of drug-likeness (QED) is 0.850. The maximum Gasteiger partial charge on any atom is 0.247 e. The molecule has 2 aromatic rings. The maximum atomic E-state index is 11.8. The van der Waals surface area contributed by atoms with Gasteiger partial charge >= 0.3 is 0 Å². The number of nitrogens with zero attached hydrogens (tertiary/aromatic N) is 3. The first-order chi connectivity index (χ1) is 11.0. The van der Waals surface area contributed by atoms with Gasteiger partial charge in [0.2, 0.25) is 17.7 Å². The highest BCUT2D eigenvalue weighted by Gasteiger charge is 2.22. The summed E-state index contributed by atoms with van der Waals surface area (Å²) in [6.07, 6.45) is 0. The molecule has 6 heteroatoms. The van der Waals surface area contributed by atoms with Gasteiger partial charge in [-0.1, -0.05) is 24.6 Å². The lowest BCUT2D eigenvalue weighted by Gasteiger charge is -2.24.